The first-order valence-corrected chi connectivity index (χ1v) is 8.66. The van der Waals surface area contributed by atoms with Crippen molar-refractivity contribution in [2.75, 3.05) is 0 Å². The van der Waals surface area contributed by atoms with Crippen LogP contribution in [-0.4, -0.2) is 9.97 Å². The molecule has 2 aromatic rings. The minimum Gasteiger partial charge on any atom is -0.237 e. The molecule has 3 rings (SSSR count). The van der Waals surface area contributed by atoms with Crippen LogP contribution in [0.25, 0.3) is 10.2 Å². The molecule has 1 atom stereocenters. The van der Waals surface area contributed by atoms with Crippen molar-refractivity contribution in [3.05, 3.63) is 22.0 Å². The van der Waals surface area contributed by atoms with Gasteiger partial charge < -0.3 is 0 Å². The number of aromatic nitrogens is 2. The van der Waals surface area contributed by atoms with Crippen molar-refractivity contribution in [1.82, 2.24) is 9.97 Å². The second-order valence-corrected chi connectivity index (χ2v) is 7.67. The molecule has 3 heteroatoms. The Kier molecular flexibility index (Phi) is 3.80. The van der Waals surface area contributed by atoms with Crippen molar-refractivity contribution in [3.63, 3.8) is 0 Å². The normalized spacial score (nSPS) is 16.6. The molecule has 2 aromatic heterocycles. The molecule has 0 amide bonds. The van der Waals surface area contributed by atoms with Gasteiger partial charge in [-0.25, -0.2) is 9.97 Å². The maximum atomic E-state index is 4.90. The number of nitrogens with zero attached hydrogens (tertiary/aromatic N) is 2. The monoisotopic (exact) mass is 288 g/mol. The number of fused-ring (bicyclic) bond motifs is 3. The third-order valence-electron chi connectivity index (χ3n) is 4.28. The van der Waals surface area contributed by atoms with Crippen LogP contribution >= 0.6 is 11.3 Å². The van der Waals surface area contributed by atoms with Crippen LogP contribution in [0.1, 0.15) is 67.9 Å². The van der Waals surface area contributed by atoms with Crippen LogP contribution < -0.4 is 0 Å². The van der Waals surface area contributed by atoms with Gasteiger partial charge in [-0.05, 0) is 50.5 Å². The first-order chi connectivity index (χ1) is 9.56. The summed E-state index contributed by atoms with van der Waals surface area (Å²) in [6.07, 6.45) is 6.29. The molecule has 0 bridgehead atoms. The second-order valence-electron chi connectivity index (χ2n) is 6.59. The van der Waals surface area contributed by atoms with Crippen molar-refractivity contribution >= 4 is 21.6 Å². The van der Waals surface area contributed by atoms with Gasteiger partial charge in [0.2, 0.25) is 0 Å². The number of hydrogen-bond acceptors (Lipinski definition) is 3. The molecule has 0 aromatic carbocycles. The molecule has 108 valence electrons. The fourth-order valence-electron chi connectivity index (χ4n) is 3.39. The maximum absolute atomic E-state index is 4.90. The van der Waals surface area contributed by atoms with Crippen LogP contribution in [0.2, 0.25) is 0 Å². The topological polar surface area (TPSA) is 25.8 Å². The van der Waals surface area contributed by atoms with Gasteiger partial charge in [0, 0.05) is 16.2 Å². The van der Waals surface area contributed by atoms with Gasteiger partial charge in [-0.1, -0.05) is 20.8 Å². The molecule has 0 saturated heterocycles. The molecule has 0 aliphatic heterocycles. The van der Waals surface area contributed by atoms with Gasteiger partial charge >= 0.3 is 0 Å². The summed E-state index contributed by atoms with van der Waals surface area (Å²) in [5.74, 6) is 2.20. The lowest BCUT2D eigenvalue weighted by Gasteiger charge is -2.14. The van der Waals surface area contributed by atoms with Crippen LogP contribution in [0.5, 0.6) is 0 Å². The van der Waals surface area contributed by atoms with Crippen LogP contribution in [0.3, 0.4) is 0 Å². The van der Waals surface area contributed by atoms with E-state index in [2.05, 4.69) is 27.7 Å². The summed E-state index contributed by atoms with van der Waals surface area (Å²) in [4.78, 5) is 12.5. The van der Waals surface area contributed by atoms with Gasteiger partial charge in [0.15, 0.2) is 0 Å². The number of hydrogen-bond donors (Lipinski definition) is 0. The predicted octanol–water partition coefficient (Wildman–Crippen LogP) is 5.03. The third kappa shape index (κ3) is 2.48. The Hall–Kier alpha value is -0.960. The largest absolute Gasteiger partial charge is 0.237 e. The summed E-state index contributed by atoms with van der Waals surface area (Å²) in [6.45, 7) is 8.96. The van der Waals surface area contributed by atoms with E-state index in [1.54, 1.807) is 10.4 Å². The van der Waals surface area contributed by atoms with Crippen molar-refractivity contribution < 1.29 is 0 Å². The smallest absolute Gasteiger partial charge is 0.133 e. The molecule has 2 nitrogen and oxygen atoms in total. The molecule has 1 aliphatic rings. The lowest BCUT2D eigenvalue weighted by atomic mass is 9.95. The van der Waals surface area contributed by atoms with E-state index in [4.69, 9.17) is 9.97 Å². The molecule has 2 heterocycles. The van der Waals surface area contributed by atoms with Gasteiger partial charge in [-0.15, -0.1) is 11.3 Å². The molecular weight excluding hydrogens is 264 g/mol. The quantitative estimate of drug-likeness (QED) is 0.791. The van der Waals surface area contributed by atoms with Gasteiger partial charge in [-0.3, -0.25) is 0 Å². The Bertz CT molecular complexity index is 627. The molecular formula is C17H24N2S. The van der Waals surface area contributed by atoms with Gasteiger partial charge in [-0.2, -0.15) is 0 Å². The molecule has 1 unspecified atom stereocenters. The maximum Gasteiger partial charge on any atom is 0.133 e. The van der Waals surface area contributed by atoms with E-state index in [0.29, 0.717) is 11.8 Å². The van der Waals surface area contributed by atoms with E-state index >= 15 is 0 Å². The second kappa shape index (κ2) is 5.44. The molecule has 20 heavy (non-hydrogen) atoms. The average Bonchev–Trinajstić information content (AvgIpc) is 2.76. The third-order valence-corrected chi connectivity index (χ3v) is 5.46. The minimum atomic E-state index is 0.456. The highest BCUT2D eigenvalue weighted by atomic mass is 32.1. The fraction of sp³-hybridized carbons (Fsp3) is 0.647. The highest BCUT2D eigenvalue weighted by molar-refractivity contribution is 7.18. The van der Waals surface area contributed by atoms with E-state index in [1.807, 2.05) is 11.3 Å². The number of thiophene rings is 1. The zero-order valence-corrected chi connectivity index (χ0v) is 13.8. The zero-order valence-electron chi connectivity index (χ0n) is 13.0. The standard InChI is InChI=1S/C17H24N2S/c1-10(2)9-11(3)16-18-12(4)15-13-7-5-6-8-14(13)20-17(15)19-16/h10-11H,5-9H2,1-4H3. The van der Waals surface area contributed by atoms with Gasteiger partial charge in [0.05, 0.1) is 5.69 Å². The SMILES string of the molecule is Cc1nc(C(C)CC(C)C)nc2sc3c(c12)CCCC3. The van der Waals surface area contributed by atoms with E-state index in [-0.39, 0.29) is 0 Å². The molecule has 0 N–H and O–H groups in total. The summed E-state index contributed by atoms with van der Waals surface area (Å²) >= 11 is 1.91. The summed E-state index contributed by atoms with van der Waals surface area (Å²) in [5, 5.41) is 1.37. The van der Waals surface area contributed by atoms with E-state index < -0.39 is 0 Å². The highest BCUT2D eigenvalue weighted by Crippen LogP contribution is 2.37. The Labute approximate surface area is 125 Å². The van der Waals surface area contributed by atoms with Crippen molar-refractivity contribution in [3.8, 4) is 0 Å². The van der Waals surface area contributed by atoms with Crippen molar-refractivity contribution in [2.45, 2.75) is 65.7 Å². The average molecular weight is 288 g/mol. The molecule has 1 aliphatic carbocycles. The van der Waals surface area contributed by atoms with E-state index in [1.165, 1.54) is 41.6 Å². The minimum absolute atomic E-state index is 0.456. The van der Waals surface area contributed by atoms with Crippen LogP contribution in [0.15, 0.2) is 0 Å². The van der Waals surface area contributed by atoms with Gasteiger partial charge in [0.25, 0.3) is 0 Å². The summed E-state index contributed by atoms with van der Waals surface area (Å²) < 4.78 is 0. The fourth-order valence-corrected chi connectivity index (χ4v) is 4.71. The highest BCUT2D eigenvalue weighted by Gasteiger charge is 2.21. The van der Waals surface area contributed by atoms with E-state index in [0.717, 1.165) is 12.2 Å². The molecule has 0 fully saturated rings. The molecule has 0 saturated carbocycles. The van der Waals surface area contributed by atoms with Gasteiger partial charge in [0.1, 0.15) is 10.7 Å². The Balaban J connectivity index is 2.06. The van der Waals surface area contributed by atoms with Crippen molar-refractivity contribution in [2.24, 2.45) is 5.92 Å². The summed E-state index contributed by atoms with van der Waals surface area (Å²) in [7, 11) is 0. The first kappa shape index (κ1) is 14.0. The van der Waals surface area contributed by atoms with E-state index in [9.17, 15) is 0 Å². The van der Waals surface area contributed by atoms with Crippen LogP contribution in [0.4, 0.5) is 0 Å². The summed E-state index contributed by atoms with van der Waals surface area (Å²) in [6, 6.07) is 0. The number of aryl methyl sites for hydroxylation is 3. The van der Waals surface area contributed by atoms with Crippen LogP contribution in [-0.2, 0) is 12.8 Å². The first-order valence-electron chi connectivity index (χ1n) is 7.85. The Morgan fingerprint density at radius 3 is 2.60 bits per heavy atom. The zero-order chi connectivity index (χ0) is 14.3. The van der Waals surface area contributed by atoms with Crippen molar-refractivity contribution in [1.29, 1.82) is 0 Å². The Morgan fingerprint density at radius 2 is 1.85 bits per heavy atom. The number of rotatable bonds is 3. The van der Waals surface area contributed by atoms with Crippen LogP contribution in [0, 0.1) is 12.8 Å². The molecule has 0 spiro atoms. The Morgan fingerprint density at radius 1 is 1.10 bits per heavy atom. The molecule has 0 radical (unpaired) electrons. The lowest BCUT2D eigenvalue weighted by molar-refractivity contribution is 0.508. The predicted molar refractivity (Wildman–Crippen MR) is 86.7 cm³/mol. The lowest BCUT2D eigenvalue weighted by Crippen LogP contribution is -2.06. The summed E-state index contributed by atoms with van der Waals surface area (Å²) in [5.41, 5.74) is 2.75.